The van der Waals surface area contributed by atoms with Crippen LogP contribution in [0.3, 0.4) is 0 Å². The fourth-order valence-corrected chi connectivity index (χ4v) is 4.78. The van der Waals surface area contributed by atoms with Gasteiger partial charge < -0.3 is 4.42 Å². The molecule has 0 unspecified atom stereocenters. The fourth-order valence-electron chi connectivity index (χ4n) is 4.78. The van der Waals surface area contributed by atoms with Gasteiger partial charge in [-0.1, -0.05) is 55.1 Å². The SMILES string of the molecule is C=C(/C=C\c1oc2ccccc2c1C)c1ccc(-c2ccc3c(C#N)c(C#N)c4cccnc4c3n2)cc1. The summed E-state index contributed by atoms with van der Waals surface area (Å²) < 4.78 is 5.98. The minimum absolute atomic E-state index is 0.320. The van der Waals surface area contributed by atoms with Gasteiger partial charge in [-0.2, -0.15) is 10.5 Å². The molecule has 0 radical (unpaired) electrons. The summed E-state index contributed by atoms with van der Waals surface area (Å²) in [5.41, 5.74) is 7.35. The van der Waals surface area contributed by atoms with Gasteiger partial charge in [-0.15, -0.1) is 0 Å². The molecule has 0 fully saturated rings. The number of para-hydroxylation sites is 1. The second kappa shape index (κ2) is 9.17. The number of aryl methyl sites for hydroxylation is 1. The number of aromatic nitrogens is 2. The third-order valence-corrected chi connectivity index (χ3v) is 6.81. The van der Waals surface area contributed by atoms with Gasteiger partial charge in [0.15, 0.2) is 0 Å². The average Bonchev–Trinajstić information content (AvgIpc) is 3.30. The number of hydrogen-bond donors (Lipinski definition) is 0. The lowest BCUT2D eigenvalue weighted by Crippen LogP contribution is -1.95. The van der Waals surface area contributed by atoms with Crippen LogP contribution in [0.15, 0.2) is 96.1 Å². The minimum Gasteiger partial charge on any atom is -0.456 e. The molecule has 0 atom stereocenters. The van der Waals surface area contributed by atoms with Crippen LogP contribution in [-0.2, 0) is 0 Å². The van der Waals surface area contributed by atoms with Crippen molar-refractivity contribution in [2.45, 2.75) is 6.92 Å². The van der Waals surface area contributed by atoms with Crippen LogP contribution in [0, 0.1) is 29.6 Å². The number of pyridine rings is 2. The molecule has 0 N–H and O–H groups in total. The summed E-state index contributed by atoms with van der Waals surface area (Å²) >= 11 is 0. The van der Waals surface area contributed by atoms with Crippen LogP contribution in [0.4, 0.5) is 0 Å². The molecule has 38 heavy (non-hydrogen) atoms. The Balaban J connectivity index is 1.34. The van der Waals surface area contributed by atoms with Gasteiger partial charge in [0.25, 0.3) is 0 Å². The lowest BCUT2D eigenvalue weighted by atomic mass is 9.97. The Morgan fingerprint density at radius 1 is 0.842 bits per heavy atom. The van der Waals surface area contributed by atoms with E-state index in [9.17, 15) is 10.5 Å². The Kier molecular flexibility index (Phi) is 5.53. The van der Waals surface area contributed by atoms with Gasteiger partial charge in [0.05, 0.1) is 27.9 Å². The van der Waals surface area contributed by atoms with Gasteiger partial charge >= 0.3 is 0 Å². The van der Waals surface area contributed by atoms with E-state index >= 15 is 0 Å². The predicted molar refractivity (Wildman–Crippen MR) is 151 cm³/mol. The fraction of sp³-hybridized carbons (Fsp3) is 0.0303. The number of nitriles is 2. The van der Waals surface area contributed by atoms with E-state index in [2.05, 4.69) is 36.7 Å². The van der Waals surface area contributed by atoms with Gasteiger partial charge in [-0.3, -0.25) is 4.98 Å². The molecule has 0 saturated heterocycles. The molecule has 0 spiro atoms. The largest absolute Gasteiger partial charge is 0.456 e. The van der Waals surface area contributed by atoms with Crippen LogP contribution in [0.2, 0.25) is 0 Å². The molecule has 0 amide bonds. The van der Waals surface area contributed by atoms with Crippen LogP contribution >= 0.6 is 0 Å². The van der Waals surface area contributed by atoms with E-state index in [1.165, 1.54) is 0 Å². The molecule has 3 aromatic carbocycles. The second-order valence-corrected chi connectivity index (χ2v) is 8.99. The van der Waals surface area contributed by atoms with Crippen molar-refractivity contribution < 1.29 is 4.42 Å². The van der Waals surface area contributed by atoms with Crippen molar-refractivity contribution in [3.63, 3.8) is 0 Å². The topological polar surface area (TPSA) is 86.5 Å². The van der Waals surface area contributed by atoms with E-state index in [0.29, 0.717) is 32.9 Å². The molecule has 5 heteroatoms. The average molecular weight is 489 g/mol. The highest BCUT2D eigenvalue weighted by Crippen LogP contribution is 2.32. The number of benzene rings is 3. The van der Waals surface area contributed by atoms with Crippen LogP contribution in [0.25, 0.3) is 55.7 Å². The summed E-state index contributed by atoms with van der Waals surface area (Å²) in [6.45, 7) is 6.28. The number of rotatable bonds is 4. The van der Waals surface area contributed by atoms with Gasteiger partial charge in [-0.05, 0) is 54.5 Å². The Labute approximate surface area is 219 Å². The van der Waals surface area contributed by atoms with Crippen LogP contribution in [0.5, 0.6) is 0 Å². The number of furan rings is 1. The first kappa shape index (κ1) is 22.9. The summed E-state index contributed by atoms with van der Waals surface area (Å²) in [4.78, 5) is 9.35. The molecule has 0 aliphatic heterocycles. The Morgan fingerprint density at radius 3 is 2.29 bits per heavy atom. The van der Waals surface area contributed by atoms with E-state index in [0.717, 1.165) is 44.7 Å². The maximum Gasteiger partial charge on any atom is 0.135 e. The predicted octanol–water partition coefficient (Wildman–Crippen LogP) is 7.97. The molecule has 3 aromatic heterocycles. The Hall–Kier alpha value is -5.52. The molecule has 3 heterocycles. The van der Waals surface area contributed by atoms with E-state index in [-0.39, 0.29) is 0 Å². The van der Waals surface area contributed by atoms with Crippen molar-refractivity contribution in [2.24, 2.45) is 0 Å². The van der Waals surface area contributed by atoms with Crippen molar-refractivity contribution >= 4 is 44.4 Å². The molecule has 0 saturated carbocycles. The summed E-state index contributed by atoms with van der Waals surface area (Å²) in [6, 6.07) is 27.6. The third kappa shape index (κ3) is 3.71. The van der Waals surface area contributed by atoms with Gasteiger partial charge in [0.1, 0.15) is 23.5 Å². The molecule has 178 valence electrons. The summed E-state index contributed by atoms with van der Waals surface area (Å²) in [5, 5.41) is 21.8. The van der Waals surface area contributed by atoms with Crippen molar-refractivity contribution in [3.05, 3.63) is 120 Å². The zero-order chi connectivity index (χ0) is 26.2. The number of fused-ring (bicyclic) bond motifs is 4. The first-order valence-electron chi connectivity index (χ1n) is 12.1. The van der Waals surface area contributed by atoms with Crippen LogP contribution in [0.1, 0.15) is 28.0 Å². The monoisotopic (exact) mass is 488 g/mol. The molecular formula is C33H20N4O. The van der Waals surface area contributed by atoms with E-state index < -0.39 is 0 Å². The summed E-state index contributed by atoms with van der Waals surface area (Å²) in [6.07, 6.45) is 5.59. The standard InChI is InChI=1S/C33H20N4O/c1-20(9-16-30-21(2)24-6-3-4-8-31(24)38-30)22-10-12-23(13-11-22)29-15-14-26-28(19-35)27(18-34)25-7-5-17-36-32(25)33(26)37-29/h3-17H,1H2,2H3/b16-9-. The Bertz CT molecular complexity index is 2020. The first-order valence-corrected chi connectivity index (χ1v) is 12.1. The zero-order valence-corrected chi connectivity index (χ0v) is 20.6. The maximum absolute atomic E-state index is 9.78. The van der Waals surface area contributed by atoms with Crippen molar-refractivity contribution in [3.8, 4) is 23.4 Å². The molecule has 0 bridgehead atoms. The minimum atomic E-state index is 0.320. The van der Waals surface area contributed by atoms with Crippen molar-refractivity contribution in [1.82, 2.24) is 9.97 Å². The molecule has 0 aliphatic carbocycles. The highest BCUT2D eigenvalue weighted by Gasteiger charge is 2.16. The number of nitrogens with zero attached hydrogens (tertiary/aromatic N) is 4. The molecule has 6 aromatic rings. The van der Waals surface area contributed by atoms with Crippen LogP contribution < -0.4 is 0 Å². The first-order chi connectivity index (χ1) is 18.6. The molecule has 5 nitrogen and oxygen atoms in total. The molecule has 6 rings (SSSR count). The van der Waals surface area contributed by atoms with Gasteiger partial charge in [0, 0.05) is 33.5 Å². The van der Waals surface area contributed by atoms with Crippen LogP contribution in [-0.4, -0.2) is 9.97 Å². The maximum atomic E-state index is 9.78. The van der Waals surface area contributed by atoms with Gasteiger partial charge in [-0.25, -0.2) is 4.98 Å². The normalized spacial score (nSPS) is 11.2. The molecule has 0 aliphatic rings. The number of hydrogen-bond acceptors (Lipinski definition) is 5. The highest BCUT2D eigenvalue weighted by molar-refractivity contribution is 6.09. The Morgan fingerprint density at radius 2 is 1.55 bits per heavy atom. The van der Waals surface area contributed by atoms with E-state index in [1.54, 1.807) is 18.3 Å². The quantitative estimate of drug-likeness (QED) is 0.185. The highest BCUT2D eigenvalue weighted by atomic mass is 16.3. The molecular weight excluding hydrogens is 468 g/mol. The lowest BCUT2D eigenvalue weighted by Gasteiger charge is -2.10. The van der Waals surface area contributed by atoms with Crippen molar-refractivity contribution in [2.75, 3.05) is 0 Å². The second-order valence-electron chi connectivity index (χ2n) is 8.99. The lowest BCUT2D eigenvalue weighted by molar-refractivity contribution is 0.601. The summed E-state index contributed by atoms with van der Waals surface area (Å²) in [7, 11) is 0. The third-order valence-electron chi connectivity index (χ3n) is 6.81. The smallest absolute Gasteiger partial charge is 0.135 e. The number of allylic oxidation sites excluding steroid dienone is 2. The van der Waals surface area contributed by atoms with E-state index in [1.807, 2.05) is 66.7 Å². The zero-order valence-electron chi connectivity index (χ0n) is 20.6. The van der Waals surface area contributed by atoms with E-state index in [4.69, 9.17) is 9.40 Å². The summed E-state index contributed by atoms with van der Waals surface area (Å²) in [5.74, 6) is 0.821. The van der Waals surface area contributed by atoms with Crippen molar-refractivity contribution in [1.29, 1.82) is 10.5 Å². The van der Waals surface area contributed by atoms with Gasteiger partial charge in [0.2, 0.25) is 0 Å².